The van der Waals surface area contributed by atoms with E-state index in [9.17, 15) is 5.11 Å². The van der Waals surface area contributed by atoms with Crippen molar-refractivity contribution in [3.63, 3.8) is 0 Å². The molecule has 0 radical (unpaired) electrons. The minimum atomic E-state index is -0.197. The highest BCUT2D eigenvalue weighted by molar-refractivity contribution is 7.18. The number of ether oxygens (including phenoxy) is 1. The number of thiazole rings is 1. The van der Waals surface area contributed by atoms with Gasteiger partial charge in [0.05, 0.1) is 27.0 Å². The lowest BCUT2D eigenvalue weighted by atomic mass is 9.84. The Morgan fingerprint density at radius 3 is 2.68 bits per heavy atom. The molecule has 1 aliphatic carbocycles. The van der Waals surface area contributed by atoms with Crippen molar-refractivity contribution in [2.24, 2.45) is 5.92 Å². The Morgan fingerprint density at radius 1 is 1.03 bits per heavy atom. The predicted molar refractivity (Wildman–Crippen MR) is 153 cm³/mol. The van der Waals surface area contributed by atoms with Gasteiger partial charge in [0, 0.05) is 55.6 Å². The van der Waals surface area contributed by atoms with Gasteiger partial charge in [-0.15, -0.1) is 11.3 Å². The zero-order chi connectivity index (χ0) is 26.1. The van der Waals surface area contributed by atoms with Gasteiger partial charge in [-0.1, -0.05) is 12.8 Å². The molecule has 0 amide bonds. The van der Waals surface area contributed by atoms with Crippen LogP contribution in [0, 0.1) is 5.92 Å². The van der Waals surface area contributed by atoms with Crippen molar-refractivity contribution in [2.75, 3.05) is 32.1 Å². The fourth-order valence-electron chi connectivity index (χ4n) is 5.62. The van der Waals surface area contributed by atoms with Gasteiger partial charge in [-0.3, -0.25) is 4.98 Å². The van der Waals surface area contributed by atoms with Crippen molar-refractivity contribution in [1.82, 2.24) is 19.9 Å². The molecule has 2 aliphatic rings. The molecule has 1 saturated heterocycles. The molecule has 6 rings (SSSR count). The zero-order valence-electron chi connectivity index (χ0n) is 22.1. The van der Waals surface area contributed by atoms with Crippen LogP contribution in [-0.2, 0) is 6.42 Å². The molecule has 1 N–H and O–H groups in total. The summed E-state index contributed by atoms with van der Waals surface area (Å²) < 4.78 is 7.34. The van der Waals surface area contributed by atoms with Crippen LogP contribution in [0.1, 0.15) is 37.1 Å². The van der Waals surface area contributed by atoms with Gasteiger partial charge in [-0.2, -0.15) is 0 Å². The first kappa shape index (κ1) is 25.2. The molecule has 38 heavy (non-hydrogen) atoms. The number of hydrogen-bond donors (Lipinski definition) is 1. The number of aliphatic hydroxyl groups is 1. The van der Waals surface area contributed by atoms with Gasteiger partial charge < -0.3 is 19.6 Å². The molecule has 2 fully saturated rings. The Morgan fingerprint density at radius 2 is 1.89 bits per heavy atom. The second-order valence-corrected chi connectivity index (χ2v) is 11.9. The van der Waals surface area contributed by atoms with Crippen molar-refractivity contribution in [2.45, 2.75) is 50.7 Å². The van der Waals surface area contributed by atoms with Crippen LogP contribution in [0.25, 0.3) is 21.5 Å². The molecule has 3 aromatic heterocycles. The third-order valence-electron chi connectivity index (χ3n) is 7.94. The third-order valence-corrected chi connectivity index (χ3v) is 8.98. The van der Waals surface area contributed by atoms with E-state index in [1.807, 2.05) is 30.5 Å². The summed E-state index contributed by atoms with van der Waals surface area (Å²) in [5, 5.41) is 11.4. The number of fused-ring (bicyclic) bond motifs is 1. The minimum Gasteiger partial charge on any atom is -0.457 e. The Hall–Kier alpha value is -3.07. The molecule has 7 nitrogen and oxygen atoms in total. The molecule has 3 atom stereocenters. The van der Waals surface area contributed by atoms with Gasteiger partial charge in [0.1, 0.15) is 17.3 Å². The Bertz CT molecular complexity index is 1390. The molecular weight excluding hydrogens is 494 g/mol. The van der Waals surface area contributed by atoms with Gasteiger partial charge in [0.15, 0.2) is 0 Å². The SMILES string of the molecule is CN(C)[C@H]1CCN(c2ccc(-c3cc(Oc4ccc5nc(C[C@@H]6CCCC[C@H]6O)sc5c4)ccn3)cn2)C1. The number of pyridine rings is 2. The Labute approximate surface area is 228 Å². The average molecular weight is 530 g/mol. The first-order valence-electron chi connectivity index (χ1n) is 13.6. The van der Waals surface area contributed by atoms with Crippen LogP contribution in [0.2, 0.25) is 0 Å². The molecule has 4 aromatic rings. The van der Waals surface area contributed by atoms with Gasteiger partial charge >= 0.3 is 0 Å². The highest BCUT2D eigenvalue weighted by atomic mass is 32.1. The van der Waals surface area contributed by atoms with E-state index in [4.69, 9.17) is 14.7 Å². The first-order valence-corrected chi connectivity index (χ1v) is 14.4. The number of nitrogens with zero attached hydrogens (tertiary/aromatic N) is 5. The van der Waals surface area contributed by atoms with Crippen molar-refractivity contribution in [1.29, 1.82) is 0 Å². The molecule has 0 unspecified atom stereocenters. The monoisotopic (exact) mass is 529 g/mol. The predicted octanol–water partition coefficient (Wildman–Crippen LogP) is 5.78. The summed E-state index contributed by atoms with van der Waals surface area (Å²) in [5.74, 6) is 2.85. The summed E-state index contributed by atoms with van der Waals surface area (Å²) in [7, 11) is 4.28. The lowest BCUT2D eigenvalue weighted by Crippen LogP contribution is -2.31. The van der Waals surface area contributed by atoms with Crippen LogP contribution in [0.4, 0.5) is 5.82 Å². The van der Waals surface area contributed by atoms with Crippen molar-refractivity contribution < 1.29 is 9.84 Å². The maximum Gasteiger partial charge on any atom is 0.131 e. The maximum atomic E-state index is 10.4. The average Bonchev–Trinajstić information content (AvgIpc) is 3.58. The fraction of sp³-hybridized carbons (Fsp3) is 0.433. The van der Waals surface area contributed by atoms with Crippen molar-refractivity contribution >= 4 is 27.4 Å². The summed E-state index contributed by atoms with van der Waals surface area (Å²) in [6.45, 7) is 2.04. The third kappa shape index (κ3) is 5.53. The van der Waals surface area contributed by atoms with Gasteiger partial charge in [-0.25, -0.2) is 9.97 Å². The van der Waals surface area contributed by atoms with E-state index in [2.05, 4.69) is 47.1 Å². The quantitative estimate of drug-likeness (QED) is 0.325. The lowest BCUT2D eigenvalue weighted by molar-refractivity contribution is 0.0700. The highest BCUT2D eigenvalue weighted by Crippen LogP contribution is 2.34. The van der Waals surface area contributed by atoms with E-state index in [0.29, 0.717) is 12.0 Å². The summed E-state index contributed by atoms with van der Waals surface area (Å²) in [5.41, 5.74) is 2.79. The topological polar surface area (TPSA) is 74.6 Å². The van der Waals surface area contributed by atoms with E-state index in [1.54, 1.807) is 17.5 Å². The number of likely N-dealkylation sites (N-methyl/N-ethyl adjacent to an activating group) is 1. The first-order chi connectivity index (χ1) is 18.5. The fourth-order valence-corrected chi connectivity index (χ4v) is 6.71. The molecule has 1 aromatic carbocycles. The Kier molecular flexibility index (Phi) is 7.28. The lowest BCUT2D eigenvalue weighted by Gasteiger charge is -2.26. The largest absolute Gasteiger partial charge is 0.457 e. The number of rotatable bonds is 7. The maximum absolute atomic E-state index is 10.4. The molecular formula is C30H35N5O2S. The molecule has 1 saturated carbocycles. The zero-order valence-corrected chi connectivity index (χ0v) is 22.9. The Balaban J connectivity index is 1.14. The standard InChI is InChI=1S/C30H35N5O2S/c1-34(2)22-12-14-35(19-22)29-10-7-21(18-32-29)26-16-24(11-13-31-26)37-23-8-9-25-28(17-23)38-30(33-25)15-20-5-3-4-6-27(20)36/h7-11,13,16-18,20,22,27,36H,3-6,12,14-15,19H2,1-2H3/t20-,22-,27+/m0/s1. The second-order valence-electron chi connectivity index (χ2n) is 10.8. The number of aliphatic hydroxyl groups excluding tert-OH is 1. The van der Waals surface area contributed by atoms with E-state index in [1.165, 1.54) is 6.42 Å². The van der Waals surface area contributed by atoms with Crippen LogP contribution in [0.3, 0.4) is 0 Å². The van der Waals surface area contributed by atoms with Crippen LogP contribution >= 0.6 is 11.3 Å². The van der Waals surface area contributed by atoms with Crippen LogP contribution < -0.4 is 9.64 Å². The van der Waals surface area contributed by atoms with Crippen molar-refractivity contribution in [3.05, 3.63) is 59.9 Å². The summed E-state index contributed by atoms with van der Waals surface area (Å²) >= 11 is 1.70. The van der Waals surface area contributed by atoms with Crippen LogP contribution in [0.5, 0.6) is 11.5 Å². The number of aromatic nitrogens is 3. The van der Waals surface area contributed by atoms with E-state index >= 15 is 0 Å². The minimum absolute atomic E-state index is 0.197. The molecule has 198 valence electrons. The van der Waals surface area contributed by atoms with E-state index in [0.717, 1.165) is 89.0 Å². The molecule has 1 aliphatic heterocycles. The summed E-state index contributed by atoms with van der Waals surface area (Å²) in [6, 6.07) is 14.6. The second kappa shape index (κ2) is 11.0. The molecule has 0 bridgehead atoms. The summed E-state index contributed by atoms with van der Waals surface area (Å²) in [6.07, 6.45) is 9.83. The number of hydrogen-bond acceptors (Lipinski definition) is 8. The van der Waals surface area contributed by atoms with Crippen LogP contribution in [-0.4, -0.2) is 64.3 Å². The van der Waals surface area contributed by atoms with Gasteiger partial charge in [0.25, 0.3) is 0 Å². The van der Waals surface area contributed by atoms with E-state index in [-0.39, 0.29) is 6.10 Å². The van der Waals surface area contributed by atoms with Gasteiger partial charge in [-0.05, 0) is 69.6 Å². The molecule has 8 heteroatoms. The van der Waals surface area contributed by atoms with Gasteiger partial charge in [0.2, 0.25) is 0 Å². The molecule has 0 spiro atoms. The highest BCUT2D eigenvalue weighted by Gasteiger charge is 2.25. The number of benzene rings is 1. The smallest absolute Gasteiger partial charge is 0.131 e. The molecule has 4 heterocycles. The van der Waals surface area contributed by atoms with E-state index < -0.39 is 0 Å². The normalized spacial score (nSPS) is 21.9. The summed E-state index contributed by atoms with van der Waals surface area (Å²) in [4.78, 5) is 18.7. The van der Waals surface area contributed by atoms with Crippen LogP contribution in [0.15, 0.2) is 54.9 Å². The van der Waals surface area contributed by atoms with Crippen molar-refractivity contribution in [3.8, 4) is 22.8 Å². The number of anilines is 1.